The Morgan fingerprint density at radius 3 is 2.59 bits per heavy atom. The lowest BCUT2D eigenvalue weighted by Gasteiger charge is -2.39. The Labute approximate surface area is 256 Å². The number of carbonyl (C=O) groups is 3. The van der Waals surface area contributed by atoms with Gasteiger partial charge in [-0.25, -0.2) is 9.97 Å². The number of anilines is 3. The minimum atomic E-state index is -4.66. The summed E-state index contributed by atoms with van der Waals surface area (Å²) in [7, 11) is 3.42. The number of hydrogen-bond donors (Lipinski definition) is 0. The van der Waals surface area contributed by atoms with Gasteiger partial charge < -0.3 is 19.3 Å². The van der Waals surface area contributed by atoms with Gasteiger partial charge >= 0.3 is 6.18 Å². The van der Waals surface area contributed by atoms with Crippen molar-refractivity contribution in [3.63, 3.8) is 0 Å². The molecule has 3 aliphatic rings. The lowest BCUT2D eigenvalue weighted by molar-refractivity contribution is -0.137. The van der Waals surface area contributed by atoms with Crippen LogP contribution in [0.4, 0.5) is 30.4 Å². The molecule has 10 nitrogen and oxygen atoms in total. The molecule has 3 aliphatic heterocycles. The number of pyridine rings is 1. The van der Waals surface area contributed by atoms with E-state index in [1.165, 1.54) is 17.9 Å². The highest BCUT2D eigenvalue weighted by molar-refractivity contribution is 6.34. The van der Waals surface area contributed by atoms with Gasteiger partial charge in [-0.05, 0) is 37.3 Å². The van der Waals surface area contributed by atoms with Gasteiger partial charge in [-0.1, -0.05) is 24.2 Å². The molecule has 3 amide bonds. The van der Waals surface area contributed by atoms with Crippen molar-refractivity contribution in [1.29, 1.82) is 0 Å². The highest BCUT2D eigenvalue weighted by Crippen LogP contribution is 2.43. The Hall–Kier alpha value is -4.39. The van der Waals surface area contributed by atoms with Crippen LogP contribution in [0.1, 0.15) is 34.9 Å². The molecule has 2 aromatic heterocycles. The fourth-order valence-corrected chi connectivity index (χ4v) is 6.68. The van der Waals surface area contributed by atoms with Crippen molar-refractivity contribution in [3.8, 4) is 0 Å². The molecule has 230 valence electrons. The molecule has 5 heterocycles. The van der Waals surface area contributed by atoms with Crippen LogP contribution >= 0.6 is 11.6 Å². The minimum absolute atomic E-state index is 0.0762. The quantitative estimate of drug-likeness (QED) is 0.402. The second kappa shape index (κ2) is 10.7. The van der Waals surface area contributed by atoms with Crippen LogP contribution in [0.15, 0.2) is 43.0 Å². The van der Waals surface area contributed by atoms with E-state index in [1.807, 2.05) is 16.5 Å². The highest BCUT2D eigenvalue weighted by Gasteiger charge is 2.49. The Morgan fingerprint density at radius 1 is 1.16 bits per heavy atom. The Bertz CT molecular complexity index is 1720. The molecular formula is C30H29ClF3N7O3. The monoisotopic (exact) mass is 627 g/mol. The zero-order valence-corrected chi connectivity index (χ0v) is 25.0. The van der Waals surface area contributed by atoms with Crippen molar-refractivity contribution >= 4 is 46.5 Å². The average molecular weight is 628 g/mol. The van der Waals surface area contributed by atoms with Crippen molar-refractivity contribution < 1.29 is 27.6 Å². The summed E-state index contributed by atoms with van der Waals surface area (Å²) in [6.07, 6.45) is -3.47. The van der Waals surface area contributed by atoms with E-state index in [-0.39, 0.29) is 36.9 Å². The Balaban J connectivity index is 1.40. The maximum Gasteiger partial charge on any atom is 0.416 e. The first-order valence-corrected chi connectivity index (χ1v) is 14.3. The van der Waals surface area contributed by atoms with Crippen LogP contribution in [0.5, 0.6) is 0 Å². The summed E-state index contributed by atoms with van der Waals surface area (Å²) in [5, 5.41) is 0.390. The molecule has 0 radical (unpaired) electrons. The maximum atomic E-state index is 14.0. The number of aromatic nitrogens is 3. The molecule has 0 N–H and O–H groups in total. The molecule has 1 saturated heterocycles. The van der Waals surface area contributed by atoms with Crippen LogP contribution in [0.3, 0.4) is 0 Å². The summed E-state index contributed by atoms with van der Waals surface area (Å²) in [5.41, 5.74) is 1.85. The molecule has 3 aromatic rings. The number of aryl methyl sites for hydroxylation is 1. The molecule has 1 fully saturated rings. The molecule has 2 atom stereocenters. The smallest absolute Gasteiger partial charge is 0.361 e. The van der Waals surface area contributed by atoms with Crippen LogP contribution < -0.4 is 14.7 Å². The van der Waals surface area contributed by atoms with Gasteiger partial charge in [0, 0.05) is 38.7 Å². The maximum absolute atomic E-state index is 14.0. The van der Waals surface area contributed by atoms with Crippen molar-refractivity contribution in [1.82, 2.24) is 19.4 Å². The number of halogens is 4. The second-order valence-electron chi connectivity index (χ2n) is 11.3. The number of imidazole rings is 1. The second-order valence-corrected chi connectivity index (χ2v) is 11.7. The molecule has 0 spiro atoms. The molecule has 0 aliphatic carbocycles. The largest absolute Gasteiger partial charge is 0.416 e. The summed E-state index contributed by atoms with van der Waals surface area (Å²) >= 11 is 6.75. The fraction of sp³-hybridized carbons (Fsp3) is 0.367. The summed E-state index contributed by atoms with van der Waals surface area (Å²) in [5.74, 6) is -1.25. The zero-order chi connectivity index (χ0) is 31.7. The number of likely N-dealkylation sites (N-methyl/N-ethyl adjacent to an activating group) is 1. The number of hydrogen-bond acceptors (Lipinski definition) is 6. The van der Waals surface area contributed by atoms with E-state index in [0.29, 0.717) is 35.3 Å². The Kier molecular flexibility index (Phi) is 7.18. The first kappa shape index (κ1) is 29.7. The molecule has 6 rings (SSSR count). The van der Waals surface area contributed by atoms with Gasteiger partial charge in [0.15, 0.2) is 0 Å². The van der Waals surface area contributed by atoms with Crippen LogP contribution in [-0.4, -0.2) is 56.8 Å². The predicted molar refractivity (Wildman–Crippen MR) is 157 cm³/mol. The van der Waals surface area contributed by atoms with Crippen LogP contribution in [0.2, 0.25) is 5.02 Å². The third kappa shape index (κ3) is 4.88. The molecule has 1 aromatic carbocycles. The van der Waals surface area contributed by atoms with Gasteiger partial charge in [0.05, 0.1) is 53.0 Å². The SMILES string of the molecule is C=CC(=O)N1Cc2nc(CN3C[C@H]4CC(=O)N(c5cc(C(F)(F)F)cc(C)n5)[C@@H]4C(=O)N(C)c4cccc(Cl)c43)n(C)c2C1. The third-order valence-corrected chi connectivity index (χ3v) is 8.82. The molecule has 0 unspecified atom stereocenters. The van der Waals surface area contributed by atoms with Crippen molar-refractivity contribution in [2.24, 2.45) is 13.0 Å². The van der Waals surface area contributed by atoms with Crippen LogP contribution in [0, 0.1) is 12.8 Å². The lowest BCUT2D eigenvalue weighted by atomic mass is 9.95. The number of benzene rings is 1. The topological polar surface area (TPSA) is 94.9 Å². The number of amides is 3. The van der Waals surface area contributed by atoms with Crippen LogP contribution in [0.25, 0.3) is 0 Å². The predicted octanol–water partition coefficient (Wildman–Crippen LogP) is 4.23. The highest BCUT2D eigenvalue weighted by atomic mass is 35.5. The van der Waals surface area contributed by atoms with Crippen molar-refractivity contribution in [2.45, 2.75) is 45.2 Å². The molecule has 0 saturated carbocycles. The van der Waals surface area contributed by atoms with Gasteiger partial charge in [-0.15, -0.1) is 0 Å². The molecular weight excluding hydrogens is 599 g/mol. The average Bonchev–Trinajstić information content (AvgIpc) is 3.61. The van der Waals surface area contributed by atoms with E-state index in [9.17, 15) is 27.6 Å². The normalized spacial score (nSPS) is 20.0. The summed E-state index contributed by atoms with van der Waals surface area (Å²) in [4.78, 5) is 54.9. The minimum Gasteiger partial charge on any atom is -0.361 e. The molecule has 14 heteroatoms. The summed E-state index contributed by atoms with van der Waals surface area (Å²) in [6.45, 7) is 6.16. The molecule has 44 heavy (non-hydrogen) atoms. The van der Waals surface area contributed by atoms with Crippen molar-refractivity contribution in [3.05, 3.63) is 76.5 Å². The van der Waals surface area contributed by atoms with Gasteiger partial charge in [0.2, 0.25) is 17.7 Å². The zero-order valence-electron chi connectivity index (χ0n) is 24.2. The van der Waals surface area contributed by atoms with E-state index >= 15 is 0 Å². The number of alkyl halides is 3. The number of nitrogens with zero attached hydrogens (tertiary/aromatic N) is 7. The number of para-hydroxylation sites is 1. The first-order chi connectivity index (χ1) is 20.8. The van der Waals surface area contributed by atoms with Gasteiger partial charge in [0.1, 0.15) is 17.7 Å². The van der Waals surface area contributed by atoms with E-state index in [0.717, 1.165) is 28.4 Å². The Morgan fingerprint density at radius 2 is 1.91 bits per heavy atom. The number of rotatable bonds is 4. The number of carbonyl (C=O) groups excluding carboxylic acids is 3. The van der Waals surface area contributed by atoms with Crippen molar-refractivity contribution in [2.75, 3.05) is 28.3 Å². The standard InChI is InChI=1S/C30H29ClF3N7O3/c1-5-25(42)39-13-20-22(14-39)37(3)24(36-20)15-40-12-17-10-26(43)41(23-11-18(30(32,33)34)9-16(2)35-23)27(17)29(44)38(4)21-8-6-7-19(31)28(21)40/h5-9,11,17,27H,1,10,12-15H2,2-4H3/t17-,27+/m1/s1. The number of fused-ring (bicyclic) bond motifs is 3. The van der Waals surface area contributed by atoms with Gasteiger partial charge in [-0.3, -0.25) is 19.3 Å². The molecule has 0 bridgehead atoms. The fourth-order valence-electron chi connectivity index (χ4n) is 6.39. The van der Waals surface area contributed by atoms with Gasteiger partial charge in [-0.2, -0.15) is 13.2 Å². The third-order valence-electron chi connectivity index (χ3n) is 8.51. The lowest BCUT2D eigenvalue weighted by Crippen LogP contribution is -2.52. The van der Waals surface area contributed by atoms with E-state index < -0.39 is 35.5 Å². The first-order valence-electron chi connectivity index (χ1n) is 13.9. The van der Waals surface area contributed by atoms with E-state index in [1.54, 1.807) is 30.1 Å². The van der Waals surface area contributed by atoms with Gasteiger partial charge in [0.25, 0.3) is 0 Å². The van der Waals surface area contributed by atoms with Crippen LogP contribution in [-0.2, 0) is 47.2 Å². The summed E-state index contributed by atoms with van der Waals surface area (Å²) in [6, 6.07) is 5.78. The van der Waals surface area contributed by atoms with E-state index in [4.69, 9.17) is 16.6 Å². The van der Waals surface area contributed by atoms with E-state index in [2.05, 4.69) is 11.6 Å². The summed E-state index contributed by atoms with van der Waals surface area (Å²) < 4.78 is 43.0.